The summed E-state index contributed by atoms with van der Waals surface area (Å²) < 4.78 is 12.3. The first-order chi connectivity index (χ1) is 11.8. The van der Waals surface area contributed by atoms with Crippen LogP contribution in [0.4, 0.5) is 0 Å². The van der Waals surface area contributed by atoms with Gasteiger partial charge >= 0.3 is 0 Å². The molecule has 1 saturated heterocycles. The zero-order valence-corrected chi connectivity index (χ0v) is 12.9. The molecule has 0 N–H and O–H groups in total. The SMILES string of the molecule is O=C(c1cccc(-n2cccc2)c1)N1CCOCC1c1ncon1. The summed E-state index contributed by atoms with van der Waals surface area (Å²) in [7, 11) is 0. The van der Waals surface area contributed by atoms with Crippen molar-refractivity contribution in [2.45, 2.75) is 6.04 Å². The lowest BCUT2D eigenvalue weighted by molar-refractivity contribution is -0.00576. The molecule has 1 aliphatic heterocycles. The van der Waals surface area contributed by atoms with Crippen LogP contribution in [0, 0.1) is 0 Å². The Morgan fingerprint density at radius 1 is 1.21 bits per heavy atom. The molecule has 1 aliphatic rings. The minimum Gasteiger partial charge on any atom is -0.377 e. The molecule has 7 nitrogen and oxygen atoms in total. The molecule has 2 aromatic heterocycles. The van der Waals surface area contributed by atoms with E-state index < -0.39 is 0 Å². The van der Waals surface area contributed by atoms with Crippen LogP contribution in [-0.2, 0) is 4.74 Å². The molecular weight excluding hydrogens is 308 g/mol. The number of carbonyl (C=O) groups is 1. The summed E-state index contributed by atoms with van der Waals surface area (Å²) in [6.07, 6.45) is 5.15. The van der Waals surface area contributed by atoms with E-state index in [9.17, 15) is 4.79 Å². The lowest BCUT2D eigenvalue weighted by atomic mass is 10.1. The van der Waals surface area contributed by atoms with Crippen molar-refractivity contribution in [3.63, 3.8) is 0 Å². The van der Waals surface area contributed by atoms with Crippen molar-refractivity contribution in [1.29, 1.82) is 0 Å². The first kappa shape index (κ1) is 14.6. The van der Waals surface area contributed by atoms with Crippen LogP contribution in [0.15, 0.2) is 59.7 Å². The highest BCUT2D eigenvalue weighted by Crippen LogP contribution is 2.24. The minimum atomic E-state index is -0.333. The van der Waals surface area contributed by atoms with Crippen molar-refractivity contribution in [2.75, 3.05) is 19.8 Å². The van der Waals surface area contributed by atoms with Crippen molar-refractivity contribution in [2.24, 2.45) is 0 Å². The molecule has 3 heterocycles. The van der Waals surface area contributed by atoms with Crippen LogP contribution in [0.1, 0.15) is 22.2 Å². The zero-order valence-electron chi connectivity index (χ0n) is 12.9. The van der Waals surface area contributed by atoms with E-state index in [-0.39, 0.29) is 11.9 Å². The molecule has 122 valence electrons. The van der Waals surface area contributed by atoms with Gasteiger partial charge in [0.15, 0.2) is 5.82 Å². The van der Waals surface area contributed by atoms with Gasteiger partial charge in [-0.25, -0.2) is 0 Å². The third kappa shape index (κ3) is 2.69. The van der Waals surface area contributed by atoms with Gasteiger partial charge in [0, 0.05) is 30.2 Å². The fraction of sp³-hybridized carbons (Fsp3) is 0.235. The van der Waals surface area contributed by atoms with E-state index in [2.05, 4.69) is 10.1 Å². The van der Waals surface area contributed by atoms with Crippen LogP contribution in [0.5, 0.6) is 0 Å². The topological polar surface area (TPSA) is 73.4 Å². The first-order valence-corrected chi connectivity index (χ1v) is 7.71. The number of carbonyl (C=O) groups excluding carboxylic acids is 1. The van der Waals surface area contributed by atoms with Gasteiger partial charge in [0.1, 0.15) is 6.04 Å². The van der Waals surface area contributed by atoms with Crippen molar-refractivity contribution in [3.8, 4) is 5.69 Å². The number of hydrogen-bond acceptors (Lipinski definition) is 5. The maximum atomic E-state index is 13.0. The number of amides is 1. The van der Waals surface area contributed by atoms with Gasteiger partial charge < -0.3 is 18.7 Å². The van der Waals surface area contributed by atoms with E-state index in [1.165, 1.54) is 6.39 Å². The van der Waals surface area contributed by atoms with Crippen LogP contribution >= 0.6 is 0 Å². The smallest absolute Gasteiger partial charge is 0.254 e. The molecule has 1 atom stereocenters. The molecule has 0 aliphatic carbocycles. The van der Waals surface area contributed by atoms with Gasteiger partial charge in [0.25, 0.3) is 5.91 Å². The Balaban J connectivity index is 1.63. The monoisotopic (exact) mass is 324 g/mol. The van der Waals surface area contributed by atoms with Gasteiger partial charge in [0.2, 0.25) is 6.39 Å². The summed E-state index contributed by atoms with van der Waals surface area (Å²) in [5.74, 6) is 0.395. The van der Waals surface area contributed by atoms with Crippen LogP contribution in [0.3, 0.4) is 0 Å². The molecule has 3 aromatic rings. The number of rotatable bonds is 3. The number of nitrogens with zero attached hydrogens (tertiary/aromatic N) is 4. The fourth-order valence-corrected chi connectivity index (χ4v) is 2.86. The Morgan fingerprint density at radius 2 is 2.08 bits per heavy atom. The predicted molar refractivity (Wildman–Crippen MR) is 84.7 cm³/mol. The number of hydrogen-bond donors (Lipinski definition) is 0. The molecule has 0 radical (unpaired) electrons. The van der Waals surface area contributed by atoms with E-state index in [4.69, 9.17) is 9.26 Å². The van der Waals surface area contributed by atoms with E-state index in [1.54, 1.807) is 4.90 Å². The van der Waals surface area contributed by atoms with E-state index >= 15 is 0 Å². The fourth-order valence-electron chi connectivity index (χ4n) is 2.86. The second-order valence-electron chi connectivity index (χ2n) is 5.52. The van der Waals surface area contributed by atoms with Gasteiger partial charge in [0.05, 0.1) is 13.2 Å². The molecule has 4 rings (SSSR count). The molecule has 1 amide bonds. The zero-order chi connectivity index (χ0) is 16.4. The molecular formula is C17H16N4O3. The Morgan fingerprint density at radius 3 is 2.88 bits per heavy atom. The molecule has 1 fully saturated rings. The largest absolute Gasteiger partial charge is 0.377 e. The second kappa shape index (κ2) is 6.29. The molecule has 0 saturated carbocycles. The van der Waals surface area contributed by atoms with Crippen LogP contribution in [0.25, 0.3) is 5.69 Å². The van der Waals surface area contributed by atoms with Crippen molar-refractivity contribution >= 4 is 5.91 Å². The first-order valence-electron chi connectivity index (χ1n) is 7.71. The summed E-state index contributed by atoms with van der Waals surface area (Å²) in [4.78, 5) is 18.8. The van der Waals surface area contributed by atoms with Crippen LogP contribution in [0.2, 0.25) is 0 Å². The molecule has 7 heteroatoms. The van der Waals surface area contributed by atoms with Gasteiger partial charge in [-0.05, 0) is 30.3 Å². The molecule has 1 unspecified atom stereocenters. The van der Waals surface area contributed by atoms with E-state index in [0.29, 0.717) is 31.1 Å². The number of ether oxygens (including phenoxy) is 1. The van der Waals surface area contributed by atoms with Gasteiger partial charge in [-0.2, -0.15) is 4.98 Å². The molecule has 1 aromatic carbocycles. The van der Waals surface area contributed by atoms with Crippen molar-refractivity contribution < 1.29 is 14.1 Å². The van der Waals surface area contributed by atoms with E-state index in [0.717, 1.165) is 5.69 Å². The third-order valence-corrected chi connectivity index (χ3v) is 4.06. The maximum absolute atomic E-state index is 13.0. The highest BCUT2D eigenvalue weighted by Gasteiger charge is 2.32. The standard InChI is InChI=1S/C17H16N4O3/c22-17(13-4-3-5-14(10-13)20-6-1-2-7-20)21-8-9-23-11-15(21)16-18-12-24-19-16/h1-7,10,12,15H,8-9,11H2. The maximum Gasteiger partial charge on any atom is 0.254 e. The summed E-state index contributed by atoms with van der Waals surface area (Å²) in [6.45, 7) is 1.35. The van der Waals surface area contributed by atoms with Crippen molar-refractivity contribution in [1.82, 2.24) is 19.6 Å². The quantitative estimate of drug-likeness (QED) is 0.737. The molecule has 0 spiro atoms. The normalized spacial score (nSPS) is 17.8. The molecule has 24 heavy (non-hydrogen) atoms. The van der Waals surface area contributed by atoms with Crippen molar-refractivity contribution in [3.05, 3.63) is 66.6 Å². The Hall–Kier alpha value is -2.93. The summed E-state index contributed by atoms with van der Waals surface area (Å²) in [5, 5.41) is 3.86. The minimum absolute atomic E-state index is 0.0675. The Bertz CT molecular complexity index is 814. The summed E-state index contributed by atoms with van der Waals surface area (Å²) in [5.41, 5.74) is 1.56. The van der Waals surface area contributed by atoms with Gasteiger partial charge in [-0.15, -0.1) is 0 Å². The summed E-state index contributed by atoms with van der Waals surface area (Å²) in [6, 6.07) is 11.1. The average Bonchev–Trinajstić information content (AvgIpc) is 3.35. The lowest BCUT2D eigenvalue weighted by Crippen LogP contribution is -2.43. The Labute approximate surface area is 138 Å². The average molecular weight is 324 g/mol. The Kier molecular flexibility index (Phi) is 3.84. The predicted octanol–water partition coefficient (Wildman–Crippen LogP) is 2.07. The van der Waals surface area contributed by atoms with Crippen LogP contribution < -0.4 is 0 Å². The summed E-state index contributed by atoms with van der Waals surface area (Å²) >= 11 is 0. The van der Waals surface area contributed by atoms with Crippen LogP contribution in [-0.4, -0.2) is 45.3 Å². The van der Waals surface area contributed by atoms with Gasteiger partial charge in [-0.3, -0.25) is 4.79 Å². The number of morpholine rings is 1. The number of aromatic nitrogens is 3. The third-order valence-electron chi connectivity index (χ3n) is 4.06. The highest BCUT2D eigenvalue weighted by atomic mass is 16.5. The van der Waals surface area contributed by atoms with E-state index in [1.807, 2.05) is 53.4 Å². The lowest BCUT2D eigenvalue weighted by Gasteiger charge is -2.33. The highest BCUT2D eigenvalue weighted by molar-refractivity contribution is 5.95. The number of benzene rings is 1. The second-order valence-corrected chi connectivity index (χ2v) is 5.52. The molecule has 0 bridgehead atoms. The van der Waals surface area contributed by atoms with Gasteiger partial charge in [-0.1, -0.05) is 11.2 Å².